The molecule has 0 fully saturated rings. The molecule has 0 saturated carbocycles. The van der Waals surface area contributed by atoms with E-state index in [-0.39, 0.29) is 11.5 Å². The molecule has 1 atom stereocenters. The molecule has 1 amide bonds. The van der Waals surface area contributed by atoms with Crippen LogP contribution in [0, 0.1) is 0 Å². The van der Waals surface area contributed by atoms with Gasteiger partial charge in [0.15, 0.2) is 0 Å². The molecule has 2 aromatic carbocycles. The Hall–Kier alpha value is -2.66. The van der Waals surface area contributed by atoms with E-state index < -0.39 is 12.0 Å². The fourth-order valence-corrected chi connectivity index (χ4v) is 1.93. The van der Waals surface area contributed by atoms with Crippen LogP contribution in [0.15, 0.2) is 54.6 Å². The third-order valence-corrected chi connectivity index (χ3v) is 3.01. The molecule has 0 aromatic heterocycles. The van der Waals surface area contributed by atoms with Crippen LogP contribution in [0.25, 0.3) is 0 Å². The minimum absolute atomic E-state index is 0.115. The summed E-state index contributed by atoms with van der Waals surface area (Å²) >= 11 is 0. The summed E-state index contributed by atoms with van der Waals surface area (Å²) in [6.45, 7) is 0. The summed E-state index contributed by atoms with van der Waals surface area (Å²) < 4.78 is 0. The number of aromatic carboxylic acids is 1. The lowest BCUT2D eigenvalue weighted by molar-refractivity contribution is -0.117. The van der Waals surface area contributed by atoms with Crippen LogP contribution in [0.5, 0.6) is 0 Å². The van der Waals surface area contributed by atoms with E-state index in [4.69, 9.17) is 10.8 Å². The van der Waals surface area contributed by atoms with Crippen molar-refractivity contribution in [1.82, 2.24) is 0 Å². The van der Waals surface area contributed by atoms with Crippen molar-refractivity contribution in [2.75, 3.05) is 5.32 Å². The van der Waals surface area contributed by atoms with Gasteiger partial charge in [-0.15, -0.1) is 0 Å². The minimum atomic E-state index is -1.04. The van der Waals surface area contributed by atoms with E-state index in [0.29, 0.717) is 12.1 Å². The Bertz CT molecular complexity index is 641. The van der Waals surface area contributed by atoms with Gasteiger partial charge >= 0.3 is 5.97 Å². The van der Waals surface area contributed by atoms with Crippen LogP contribution in [0.2, 0.25) is 0 Å². The lowest BCUT2D eigenvalue weighted by Gasteiger charge is -2.12. The Morgan fingerprint density at radius 2 is 1.81 bits per heavy atom. The van der Waals surface area contributed by atoms with Crippen LogP contribution >= 0.6 is 0 Å². The van der Waals surface area contributed by atoms with Crippen molar-refractivity contribution in [1.29, 1.82) is 0 Å². The van der Waals surface area contributed by atoms with Gasteiger partial charge in [-0.3, -0.25) is 4.79 Å². The predicted molar refractivity (Wildman–Crippen MR) is 80.2 cm³/mol. The number of hydrogen-bond donors (Lipinski definition) is 3. The topological polar surface area (TPSA) is 92.4 Å². The zero-order chi connectivity index (χ0) is 15.2. The van der Waals surface area contributed by atoms with Gasteiger partial charge in [0.05, 0.1) is 11.6 Å². The first-order valence-electron chi connectivity index (χ1n) is 6.50. The number of hydrogen-bond acceptors (Lipinski definition) is 3. The lowest BCUT2D eigenvalue weighted by atomic mass is 10.1. The van der Waals surface area contributed by atoms with Crippen molar-refractivity contribution in [3.8, 4) is 0 Å². The summed E-state index contributed by atoms with van der Waals surface area (Å²) in [5.41, 5.74) is 7.37. The van der Waals surface area contributed by atoms with E-state index in [1.165, 1.54) is 12.1 Å². The van der Waals surface area contributed by atoms with Gasteiger partial charge in [0.1, 0.15) is 0 Å². The average molecular weight is 284 g/mol. The number of carboxylic acids is 1. The molecule has 0 unspecified atom stereocenters. The van der Waals surface area contributed by atoms with E-state index in [9.17, 15) is 9.59 Å². The number of anilines is 1. The standard InChI is InChI=1S/C16H16N2O3/c17-14(9-11-5-2-1-3-6-11)15(19)18-13-8-4-7-12(10-13)16(20)21/h1-8,10,14H,9,17H2,(H,18,19)(H,20,21)/t14-/m1/s1. The van der Waals surface area contributed by atoms with Crippen molar-refractivity contribution < 1.29 is 14.7 Å². The second-order valence-corrected chi connectivity index (χ2v) is 4.67. The highest BCUT2D eigenvalue weighted by Crippen LogP contribution is 2.11. The third-order valence-electron chi connectivity index (χ3n) is 3.01. The molecule has 0 spiro atoms. The van der Waals surface area contributed by atoms with Gasteiger partial charge in [-0.05, 0) is 30.2 Å². The van der Waals surface area contributed by atoms with Crippen LogP contribution in [0.4, 0.5) is 5.69 Å². The first-order chi connectivity index (χ1) is 10.1. The number of benzene rings is 2. The van der Waals surface area contributed by atoms with Gasteiger partial charge < -0.3 is 16.2 Å². The Morgan fingerprint density at radius 1 is 1.10 bits per heavy atom. The molecule has 0 bridgehead atoms. The normalized spacial score (nSPS) is 11.7. The van der Waals surface area contributed by atoms with Crippen LogP contribution in [0.1, 0.15) is 15.9 Å². The minimum Gasteiger partial charge on any atom is -0.478 e. The van der Waals surface area contributed by atoms with Crippen LogP contribution in [-0.4, -0.2) is 23.0 Å². The molecule has 0 radical (unpaired) electrons. The predicted octanol–water partition coefficient (Wildman–Crippen LogP) is 1.89. The smallest absolute Gasteiger partial charge is 0.335 e. The van der Waals surface area contributed by atoms with Gasteiger partial charge in [0, 0.05) is 5.69 Å². The monoisotopic (exact) mass is 284 g/mol. The largest absolute Gasteiger partial charge is 0.478 e. The average Bonchev–Trinajstić information content (AvgIpc) is 2.48. The second kappa shape index (κ2) is 6.67. The maximum Gasteiger partial charge on any atom is 0.335 e. The van der Waals surface area contributed by atoms with Crippen LogP contribution in [-0.2, 0) is 11.2 Å². The van der Waals surface area contributed by atoms with Gasteiger partial charge in [0.2, 0.25) is 5.91 Å². The molecule has 4 N–H and O–H groups in total. The Morgan fingerprint density at radius 3 is 2.48 bits per heavy atom. The number of carbonyl (C=O) groups excluding carboxylic acids is 1. The Balaban J connectivity index is 2.00. The summed E-state index contributed by atoms with van der Waals surface area (Å²) in [6.07, 6.45) is 0.422. The van der Waals surface area contributed by atoms with Crippen molar-refractivity contribution in [2.45, 2.75) is 12.5 Å². The quantitative estimate of drug-likeness (QED) is 0.781. The van der Waals surface area contributed by atoms with Crippen molar-refractivity contribution >= 4 is 17.6 Å². The molecule has 108 valence electrons. The van der Waals surface area contributed by atoms with E-state index in [0.717, 1.165) is 5.56 Å². The first-order valence-corrected chi connectivity index (χ1v) is 6.50. The van der Waals surface area contributed by atoms with Crippen LogP contribution in [0.3, 0.4) is 0 Å². The summed E-state index contributed by atoms with van der Waals surface area (Å²) in [4.78, 5) is 22.9. The number of carbonyl (C=O) groups is 2. The third kappa shape index (κ3) is 4.15. The van der Waals surface area contributed by atoms with E-state index >= 15 is 0 Å². The molecule has 2 aromatic rings. The van der Waals surface area contributed by atoms with Crippen molar-refractivity contribution in [3.63, 3.8) is 0 Å². The summed E-state index contributed by atoms with van der Waals surface area (Å²) in [6, 6.07) is 14.8. The van der Waals surface area contributed by atoms with E-state index in [1.54, 1.807) is 12.1 Å². The summed E-state index contributed by atoms with van der Waals surface area (Å²) in [7, 11) is 0. The zero-order valence-corrected chi connectivity index (χ0v) is 11.3. The molecule has 5 nitrogen and oxygen atoms in total. The fraction of sp³-hybridized carbons (Fsp3) is 0.125. The van der Waals surface area contributed by atoms with E-state index in [2.05, 4.69) is 5.32 Å². The molecule has 5 heteroatoms. The molecule has 0 saturated heterocycles. The molecule has 0 aliphatic rings. The van der Waals surface area contributed by atoms with E-state index in [1.807, 2.05) is 30.3 Å². The number of rotatable bonds is 5. The zero-order valence-electron chi connectivity index (χ0n) is 11.3. The highest BCUT2D eigenvalue weighted by atomic mass is 16.4. The maximum atomic E-state index is 12.0. The second-order valence-electron chi connectivity index (χ2n) is 4.67. The number of carboxylic acid groups (broad SMARTS) is 1. The molecule has 0 aliphatic heterocycles. The molecular formula is C16H16N2O3. The highest BCUT2D eigenvalue weighted by Gasteiger charge is 2.14. The van der Waals surface area contributed by atoms with Gasteiger partial charge in [0.25, 0.3) is 0 Å². The van der Waals surface area contributed by atoms with Crippen molar-refractivity contribution in [3.05, 3.63) is 65.7 Å². The molecule has 2 rings (SSSR count). The highest BCUT2D eigenvalue weighted by molar-refractivity contribution is 5.96. The first kappa shape index (κ1) is 14.7. The fourth-order valence-electron chi connectivity index (χ4n) is 1.93. The maximum absolute atomic E-state index is 12.0. The SMILES string of the molecule is N[C@H](Cc1ccccc1)C(=O)Nc1cccc(C(=O)O)c1. The lowest BCUT2D eigenvalue weighted by Crippen LogP contribution is -2.37. The number of nitrogens with one attached hydrogen (secondary N) is 1. The molecule has 0 heterocycles. The van der Waals surface area contributed by atoms with Gasteiger partial charge in [-0.25, -0.2) is 4.79 Å². The van der Waals surface area contributed by atoms with Gasteiger partial charge in [-0.2, -0.15) is 0 Å². The molecule has 0 aliphatic carbocycles. The summed E-state index contributed by atoms with van der Waals surface area (Å²) in [5, 5.41) is 11.5. The van der Waals surface area contributed by atoms with Crippen LogP contribution < -0.4 is 11.1 Å². The van der Waals surface area contributed by atoms with Crippen molar-refractivity contribution in [2.24, 2.45) is 5.73 Å². The Kier molecular flexibility index (Phi) is 4.68. The van der Waals surface area contributed by atoms with Gasteiger partial charge in [-0.1, -0.05) is 36.4 Å². The number of amides is 1. The summed E-state index contributed by atoms with van der Waals surface area (Å²) in [5.74, 6) is -1.39. The molecule has 21 heavy (non-hydrogen) atoms. The Labute approximate surface area is 122 Å². The molecular weight excluding hydrogens is 268 g/mol. The number of nitrogens with two attached hydrogens (primary N) is 1.